The summed E-state index contributed by atoms with van der Waals surface area (Å²) in [6.45, 7) is 2.06. The first kappa shape index (κ1) is 19.0. The van der Waals surface area contributed by atoms with Crippen LogP contribution in [0.3, 0.4) is 0 Å². The van der Waals surface area contributed by atoms with Crippen LogP contribution in [0, 0.1) is 5.92 Å². The fraction of sp³-hybridized carbons (Fsp3) is 0.458. The summed E-state index contributed by atoms with van der Waals surface area (Å²) < 4.78 is 5.46. The fourth-order valence-corrected chi connectivity index (χ4v) is 4.82. The van der Waals surface area contributed by atoms with Crippen molar-refractivity contribution in [2.24, 2.45) is 5.92 Å². The van der Waals surface area contributed by atoms with Crippen molar-refractivity contribution in [3.05, 3.63) is 54.1 Å². The number of hydrogen-bond donors (Lipinski definition) is 2. The number of para-hydroxylation sites is 1. The minimum Gasteiger partial charge on any atom is -0.496 e. The minimum atomic E-state index is 0.0117. The van der Waals surface area contributed by atoms with Gasteiger partial charge in [0.2, 0.25) is 5.91 Å². The van der Waals surface area contributed by atoms with Gasteiger partial charge in [0, 0.05) is 24.1 Å². The smallest absolute Gasteiger partial charge is 0.220 e. The monoisotopic (exact) mass is 378 g/mol. The Morgan fingerprint density at radius 2 is 1.79 bits per heavy atom. The van der Waals surface area contributed by atoms with Gasteiger partial charge in [-0.2, -0.15) is 0 Å². The third kappa shape index (κ3) is 4.22. The average Bonchev–Trinajstić information content (AvgIpc) is 3.06. The number of nitrogens with one attached hydrogen (secondary N) is 2. The Balaban J connectivity index is 1.35. The van der Waals surface area contributed by atoms with Gasteiger partial charge in [0.25, 0.3) is 0 Å². The molecule has 4 nitrogen and oxygen atoms in total. The van der Waals surface area contributed by atoms with Gasteiger partial charge in [-0.3, -0.25) is 4.79 Å². The number of carbonyl (C=O) groups excluding carboxylic acids is 1. The lowest BCUT2D eigenvalue weighted by molar-refractivity contribution is -0.122. The lowest BCUT2D eigenvalue weighted by atomic mass is 9.89. The van der Waals surface area contributed by atoms with Crippen molar-refractivity contribution in [1.82, 2.24) is 10.6 Å². The van der Waals surface area contributed by atoms with Crippen LogP contribution in [0.2, 0.25) is 0 Å². The van der Waals surface area contributed by atoms with E-state index in [0.717, 1.165) is 35.3 Å². The van der Waals surface area contributed by atoms with Crippen LogP contribution < -0.4 is 15.4 Å². The summed E-state index contributed by atoms with van der Waals surface area (Å²) in [4.78, 5) is 12.6. The molecule has 2 aromatic carbocycles. The van der Waals surface area contributed by atoms with E-state index in [1.165, 1.54) is 12.8 Å². The van der Waals surface area contributed by atoms with E-state index in [4.69, 9.17) is 4.74 Å². The van der Waals surface area contributed by atoms with Gasteiger partial charge in [0.15, 0.2) is 0 Å². The zero-order valence-electron chi connectivity index (χ0n) is 16.8. The van der Waals surface area contributed by atoms with Crippen molar-refractivity contribution < 1.29 is 9.53 Å². The molecule has 4 rings (SSSR count). The zero-order chi connectivity index (χ0) is 19.5. The Labute approximate surface area is 167 Å². The molecule has 2 N–H and O–H groups in total. The van der Waals surface area contributed by atoms with Gasteiger partial charge in [-0.15, -0.1) is 0 Å². The maximum Gasteiger partial charge on any atom is 0.220 e. The van der Waals surface area contributed by atoms with Crippen LogP contribution in [0.4, 0.5) is 0 Å². The highest BCUT2D eigenvalue weighted by molar-refractivity contribution is 5.77. The summed E-state index contributed by atoms with van der Waals surface area (Å²) in [7, 11) is 1.69. The molecule has 3 unspecified atom stereocenters. The highest BCUT2D eigenvalue weighted by Crippen LogP contribution is 2.33. The quantitative estimate of drug-likeness (QED) is 0.780. The van der Waals surface area contributed by atoms with Gasteiger partial charge in [-0.25, -0.2) is 0 Å². The van der Waals surface area contributed by atoms with Crippen LogP contribution in [-0.2, 0) is 4.79 Å². The normalized spacial score (nSPS) is 24.6. The number of fused-ring (bicyclic) bond motifs is 2. The van der Waals surface area contributed by atoms with Gasteiger partial charge in [-0.1, -0.05) is 42.5 Å². The molecule has 2 aliphatic heterocycles. The highest BCUT2D eigenvalue weighted by atomic mass is 16.5. The first-order chi connectivity index (χ1) is 13.6. The summed E-state index contributed by atoms with van der Waals surface area (Å²) in [5, 5.41) is 6.84. The molecule has 4 heteroatoms. The third-order valence-corrected chi connectivity index (χ3v) is 6.25. The Hall–Kier alpha value is -2.33. The molecule has 0 spiro atoms. The first-order valence-corrected chi connectivity index (χ1v) is 10.4. The van der Waals surface area contributed by atoms with Crippen molar-refractivity contribution in [3.8, 4) is 16.9 Å². The summed E-state index contributed by atoms with van der Waals surface area (Å²) >= 11 is 0. The number of piperidine rings is 1. The molecule has 2 aromatic rings. The third-order valence-electron chi connectivity index (χ3n) is 6.25. The van der Waals surface area contributed by atoms with Crippen molar-refractivity contribution in [1.29, 1.82) is 0 Å². The molecule has 148 valence electrons. The number of rotatable bonds is 6. The predicted molar refractivity (Wildman–Crippen MR) is 112 cm³/mol. The maximum absolute atomic E-state index is 12.6. The lowest BCUT2D eigenvalue weighted by Crippen LogP contribution is -2.40. The molecular formula is C24H30N2O2. The Bertz CT molecular complexity index is 806. The van der Waals surface area contributed by atoms with Gasteiger partial charge < -0.3 is 15.4 Å². The van der Waals surface area contributed by atoms with Gasteiger partial charge in [0.05, 0.1) is 13.2 Å². The summed E-state index contributed by atoms with van der Waals surface area (Å²) in [5.74, 6) is 1.57. The van der Waals surface area contributed by atoms with E-state index >= 15 is 0 Å². The fourth-order valence-electron chi connectivity index (χ4n) is 4.82. The van der Waals surface area contributed by atoms with Crippen LogP contribution in [0.15, 0.2) is 48.5 Å². The van der Waals surface area contributed by atoms with Crippen LogP contribution in [0.1, 0.15) is 50.6 Å². The minimum absolute atomic E-state index is 0.0117. The van der Waals surface area contributed by atoms with E-state index in [-0.39, 0.29) is 11.9 Å². The molecular weight excluding hydrogens is 348 g/mol. The van der Waals surface area contributed by atoms with Crippen molar-refractivity contribution >= 4 is 5.91 Å². The van der Waals surface area contributed by atoms with Crippen LogP contribution >= 0.6 is 0 Å². The molecule has 0 aromatic heterocycles. The van der Waals surface area contributed by atoms with Crippen LogP contribution in [0.25, 0.3) is 11.1 Å². The van der Waals surface area contributed by atoms with E-state index in [2.05, 4.69) is 47.9 Å². The van der Waals surface area contributed by atoms with E-state index in [1.807, 2.05) is 18.2 Å². The molecule has 2 fully saturated rings. The maximum atomic E-state index is 12.6. The van der Waals surface area contributed by atoms with E-state index in [1.54, 1.807) is 7.11 Å². The molecule has 2 saturated heterocycles. The second-order valence-electron chi connectivity index (χ2n) is 8.29. The van der Waals surface area contributed by atoms with Crippen molar-refractivity contribution in [2.45, 2.75) is 57.2 Å². The molecule has 0 saturated carbocycles. The second kappa shape index (κ2) is 8.36. The molecule has 2 aliphatic rings. The van der Waals surface area contributed by atoms with Crippen LogP contribution in [-0.4, -0.2) is 25.1 Å². The number of ether oxygens (including phenoxy) is 1. The number of benzene rings is 2. The van der Waals surface area contributed by atoms with Crippen LogP contribution in [0.5, 0.6) is 5.75 Å². The molecule has 3 atom stereocenters. The van der Waals surface area contributed by atoms with E-state index in [9.17, 15) is 4.79 Å². The molecule has 1 amide bonds. The second-order valence-corrected chi connectivity index (χ2v) is 8.29. The van der Waals surface area contributed by atoms with Crippen molar-refractivity contribution in [3.63, 3.8) is 0 Å². The molecule has 2 bridgehead atoms. The summed E-state index contributed by atoms with van der Waals surface area (Å²) in [6.07, 6.45) is 5.49. The molecule has 28 heavy (non-hydrogen) atoms. The Morgan fingerprint density at radius 3 is 2.46 bits per heavy atom. The zero-order valence-corrected chi connectivity index (χ0v) is 16.8. The van der Waals surface area contributed by atoms with Crippen molar-refractivity contribution in [2.75, 3.05) is 7.11 Å². The largest absolute Gasteiger partial charge is 0.496 e. The summed E-state index contributed by atoms with van der Waals surface area (Å²) in [6, 6.07) is 17.7. The standard InChI is InChI=1S/C24H30N2O2/c1-16(25-24(27)15-17-13-20-11-12-21(14-17)26-20)18-7-9-19(10-8-18)22-5-3-4-6-23(22)28-2/h3-10,16-17,20-21,26H,11-15H2,1-2H3,(H,25,27). The lowest BCUT2D eigenvalue weighted by Gasteiger charge is -2.29. The number of hydrogen-bond acceptors (Lipinski definition) is 3. The summed E-state index contributed by atoms with van der Waals surface area (Å²) in [5.41, 5.74) is 3.32. The number of amides is 1. The van der Waals surface area contributed by atoms with E-state index in [0.29, 0.717) is 24.4 Å². The number of carbonyl (C=O) groups is 1. The number of methoxy groups -OCH3 is 1. The molecule has 2 heterocycles. The van der Waals surface area contributed by atoms with Gasteiger partial charge in [-0.05, 0) is 55.7 Å². The molecule has 0 aliphatic carbocycles. The first-order valence-electron chi connectivity index (χ1n) is 10.4. The topological polar surface area (TPSA) is 50.4 Å². The average molecular weight is 379 g/mol. The Morgan fingerprint density at radius 1 is 1.11 bits per heavy atom. The molecule has 0 radical (unpaired) electrons. The van der Waals surface area contributed by atoms with E-state index < -0.39 is 0 Å². The van der Waals surface area contributed by atoms with Gasteiger partial charge >= 0.3 is 0 Å². The Kier molecular flexibility index (Phi) is 5.67. The highest BCUT2D eigenvalue weighted by Gasteiger charge is 2.34. The SMILES string of the molecule is COc1ccccc1-c1ccc(C(C)NC(=O)CC2CC3CCC(C2)N3)cc1. The predicted octanol–water partition coefficient (Wildman–Crippen LogP) is 4.46. The van der Waals surface area contributed by atoms with Gasteiger partial charge in [0.1, 0.15) is 5.75 Å².